The van der Waals surface area contributed by atoms with Gasteiger partial charge < -0.3 is 24.7 Å². The van der Waals surface area contributed by atoms with E-state index in [0.29, 0.717) is 24.5 Å². The first kappa shape index (κ1) is 19.8. The Morgan fingerprint density at radius 2 is 1.93 bits per heavy atom. The van der Waals surface area contributed by atoms with Crippen molar-refractivity contribution < 1.29 is 19.1 Å². The molecular formula is C23H25N3O4. The highest BCUT2D eigenvalue weighted by molar-refractivity contribution is 5.94. The van der Waals surface area contributed by atoms with E-state index in [9.17, 15) is 9.59 Å². The van der Waals surface area contributed by atoms with E-state index in [2.05, 4.69) is 10.3 Å². The maximum Gasteiger partial charge on any atom is 0.224 e. The van der Waals surface area contributed by atoms with Crippen molar-refractivity contribution in [1.29, 1.82) is 0 Å². The van der Waals surface area contributed by atoms with Gasteiger partial charge in [-0.2, -0.15) is 0 Å². The van der Waals surface area contributed by atoms with Gasteiger partial charge in [0.1, 0.15) is 11.5 Å². The van der Waals surface area contributed by atoms with E-state index in [-0.39, 0.29) is 24.7 Å². The Balaban J connectivity index is 1.39. The molecule has 3 aromatic rings. The average Bonchev–Trinajstić information content (AvgIpc) is 3.14. The van der Waals surface area contributed by atoms with E-state index >= 15 is 0 Å². The quantitative estimate of drug-likeness (QED) is 0.655. The molecule has 0 saturated heterocycles. The zero-order valence-electron chi connectivity index (χ0n) is 17.2. The number of aromatic amines is 1. The molecule has 30 heavy (non-hydrogen) atoms. The molecule has 2 aromatic carbocycles. The standard InChI is InChI=1S/C23H25N3O4/c1-29-15-7-8-18-16(13-15)17-14-26(12-11-19(17)24-18)23(28)10-9-22(27)25-20-5-3-4-6-21(20)30-2/h3-8,13,24H,9-12,14H2,1-2H3,(H,25,27). The molecule has 0 fully saturated rings. The molecule has 2 amide bonds. The van der Waals surface area contributed by atoms with Crippen LogP contribution in [0.2, 0.25) is 0 Å². The predicted octanol–water partition coefficient (Wildman–Crippen LogP) is 3.49. The summed E-state index contributed by atoms with van der Waals surface area (Å²) in [6.07, 6.45) is 1.06. The second-order valence-corrected chi connectivity index (χ2v) is 7.31. The van der Waals surface area contributed by atoms with Crippen molar-refractivity contribution >= 4 is 28.4 Å². The lowest BCUT2D eigenvalue weighted by atomic mass is 10.0. The third-order valence-electron chi connectivity index (χ3n) is 5.48. The van der Waals surface area contributed by atoms with Crippen molar-refractivity contribution in [2.24, 2.45) is 0 Å². The Morgan fingerprint density at radius 1 is 1.10 bits per heavy atom. The van der Waals surface area contributed by atoms with Crippen LogP contribution in [-0.2, 0) is 22.6 Å². The van der Waals surface area contributed by atoms with Crippen LogP contribution in [-0.4, -0.2) is 42.5 Å². The van der Waals surface area contributed by atoms with E-state index < -0.39 is 0 Å². The summed E-state index contributed by atoms with van der Waals surface area (Å²) < 4.78 is 10.6. The van der Waals surface area contributed by atoms with Crippen LogP contribution in [0, 0.1) is 0 Å². The van der Waals surface area contributed by atoms with Crippen molar-refractivity contribution in [3.8, 4) is 11.5 Å². The van der Waals surface area contributed by atoms with Gasteiger partial charge in [0.15, 0.2) is 0 Å². The molecule has 7 heteroatoms. The maximum atomic E-state index is 12.8. The molecule has 0 spiro atoms. The van der Waals surface area contributed by atoms with Crippen LogP contribution in [0.4, 0.5) is 5.69 Å². The van der Waals surface area contributed by atoms with Gasteiger partial charge in [-0.05, 0) is 30.3 Å². The first-order valence-electron chi connectivity index (χ1n) is 9.97. The lowest BCUT2D eigenvalue weighted by Crippen LogP contribution is -2.36. The number of hydrogen-bond donors (Lipinski definition) is 2. The van der Waals surface area contributed by atoms with Crippen LogP contribution in [0.25, 0.3) is 10.9 Å². The molecule has 1 aromatic heterocycles. The molecule has 2 heterocycles. The molecule has 7 nitrogen and oxygen atoms in total. The van der Waals surface area contributed by atoms with Crippen molar-refractivity contribution in [3.63, 3.8) is 0 Å². The third kappa shape index (κ3) is 3.96. The minimum absolute atomic E-state index is 0.0203. The van der Waals surface area contributed by atoms with E-state index in [1.807, 2.05) is 35.2 Å². The van der Waals surface area contributed by atoms with Gasteiger partial charge in [-0.15, -0.1) is 0 Å². The number of nitrogens with one attached hydrogen (secondary N) is 2. The largest absolute Gasteiger partial charge is 0.497 e. The van der Waals surface area contributed by atoms with Crippen LogP contribution in [0.5, 0.6) is 11.5 Å². The zero-order chi connectivity index (χ0) is 21.1. The van der Waals surface area contributed by atoms with Crippen LogP contribution in [0.15, 0.2) is 42.5 Å². The molecule has 0 saturated carbocycles. The van der Waals surface area contributed by atoms with Gasteiger partial charge in [-0.3, -0.25) is 9.59 Å². The topological polar surface area (TPSA) is 83.7 Å². The van der Waals surface area contributed by atoms with Crippen molar-refractivity contribution in [1.82, 2.24) is 9.88 Å². The fourth-order valence-corrected chi connectivity index (χ4v) is 3.87. The number of benzene rings is 2. The van der Waals surface area contributed by atoms with Gasteiger partial charge >= 0.3 is 0 Å². The first-order valence-corrected chi connectivity index (χ1v) is 9.97. The number of hydrogen-bond acceptors (Lipinski definition) is 4. The van der Waals surface area contributed by atoms with Crippen LogP contribution < -0.4 is 14.8 Å². The van der Waals surface area contributed by atoms with Crippen molar-refractivity contribution in [2.75, 3.05) is 26.1 Å². The number of methoxy groups -OCH3 is 2. The number of amides is 2. The number of anilines is 1. The molecule has 0 unspecified atom stereocenters. The van der Waals surface area contributed by atoms with Crippen LogP contribution >= 0.6 is 0 Å². The predicted molar refractivity (Wildman–Crippen MR) is 115 cm³/mol. The van der Waals surface area contributed by atoms with E-state index in [1.54, 1.807) is 26.4 Å². The third-order valence-corrected chi connectivity index (χ3v) is 5.48. The summed E-state index contributed by atoms with van der Waals surface area (Å²) in [6, 6.07) is 13.1. The van der Waals surface area contributed by atoms with Gasteiger partial charge in [-0.1, -0.05) is 12.1 Å². The van der Waals surface area contributed by atoms with Crippen LogP contribution in [0.3, 0.4) is 0 Å². The molecule has 0 radical (unpaired) electrons. The van der Waals surface area contributed by atoms with E-state index in [0.717, 1.165) is 34.3 Å². The fourth-order valence-electron chi connectivity index (χ4n) is 3.87. The Hall–Kier alpha value is -3.48. The van der Waals surface area contributed by atoms with Gasteiger partial charge in [0.25, 0.3) is 0 Å². The SMILES string of the molecule is COc1ccc2[nH]c3c(c2c1)CN(C(=O)CCC(=O)Nc1ccccc1OC)CC3. The number of fused-ring (bicyclic) bond motifs is 3. The fraction of sp³-hybridized carbons (Fsp3) is 0.304. The lowest BCUT2D eigenvalue weighted by molar-refractivity contribution is -0.133. The monoisotopic (exact) mass is 407 g/mol. The highest BCUT2D eigenvalue weighted by Crippen LogP contribution is 2.30. The number of nitrogens with zero attached hydrogens (tertiary/aromatic N) is 1. The van der Waals surface area contributed by atoms with Gasteiger partial charge in [0.2, 0.25) is 11.8 Å². The summed E-state index contributed by atoms with van der Waals surface area (Å²) in [5, 5.41) is 3.89. The highest BCUT2D eigenvalue weighted by Gasteiger charge is 2.24. The number of carbonyl (C=O) groups excluding carboxylic acids is 2. The summed E-state index contributed by atoms with van der Waals surface area (Å²) in [5.74, 6) is 1.16. The minimum atomic E-state index is -0.206. The molecule has 1 aliphatic heterocycles. The summed E-state index contributed by atoms with van der Waals surface area (Å²) in [6.45, 7) is 1.18. The molecule has 2 N–H and O–H groups in total. The molecule has 1 aliphatic rings. The van der Waals surface area contributed by atoms with E-state index in [4.69, 9.17) is 9.47 Å². The smallest absolute Gasteiger partial charge is 0.224 e. The Labute approximate surface area is 175 Å². The maximum absolute atomic E-state index is 12.8. The summed E-state index contributed by atoms with van der Waals surface area (Å²) in [4.78, 5) is 30.3. The van der Waals surface area contributed by atoms with Gasteiger partial charge in [-0.25, -0.2) is 0 Å². The first-order chi connectivity index (χ1) is 14.6. The van der Waals surface area contributed by atoms with Gasteiger partial charge in [0, 0.05) is 54.5 Å². The Morgan fingerprint density at radius 3 is 2.73 bits per heavy atom. The summed E-state index contributed by atoms with van der Waals surface area (Å²) in [7, 11) is 3.20. The average molecular weight is 407 g/mol. The molecule has 0 aliphatic carbocycles. The second-order valence-electron chi connectivity index (χ2n) is 7.31. The number of H-pyrrole nitrogens is 1. The van der Waals surface area contributed by atoms with E-state index in [1.165, 1.54) is 0 Å². The molecular weight excluding hydrogens is 382 g/mol. The molecule has 4 rings (SSSR count). The number of aromatic nitrogens is 1. The van der Waals surface area contributed by atoms with Crippen molar-refractivity contribution in [2.45, 2.75) is 25.8 Å². The van der Waals surface area contributed by atoms with Crippen LogP contribution in [0.1, 0.15) is 24.1 Å². The minimum Gasteiger partial charge on any atom is -0.497 e. The Bertz CT molecular complexity index is 1090. The second kappa shape index (κ2) is 8.49. The summed E-state index contributed by atoms with van der Waals surface area (Å²) >= 11 is 0. The molecule has 0 atom stereocenters. The Kier molecular flexibility index (Phi) is 5.61. The number of carbonyl (C=O) groups is 2. The van der Waals surface area contributed by atoms with Crippen molar-refractivity contribution in [3.05, 3.63) is 53.7 Å². The number of ether oxygens (including phenoxy) is 2. The highest BCUT2D eigenvalue weighted by atomic mass is 16.5. The normalized spacial score (nSPS) is 13.1. The molecule has 156 valence electrons. The zero-order valence-corrected chi connectivity index (χ0v) is 17.2. The summed E-state index contributed by atoms with van der Waals surface area (Å²) in [5.41, 5.74) is 3.94. The van der Waals surface area contributed by atoms with Gasteiger partial charge in [0.05, 0.1) is 19.9 Å². The number of rotatable bonds is 6. The molecule has 0 bridgehead atoms. The number of para-hydroxylation sites is 2. The lowest BCUT2D eigenvalue weighted by Gasteiger charge is -2.27.